The number of rotatable bonds is 2. The van der Waals surface area contributed by atoms with E-state index in [0.717, 1.165) is 23.7 Å². The van der Waals surface area contributed by atoms with Gasteiger partial charge in [0, 0.05) is 5.41 Å². The van der Waals surface area contributed by atoms with E-state index in [2.05, 4.69) is 146 Å². The van der Waals surface area contributed by atoms with Crippen molar-refractivity contribution < 1.29 is 0 Å². The summed E-state index contributed by atoms with van der Waals surface area (Å²) < 4.78 is 0. The van der Waals surface area contributed by atoms with Crippen molar-refractivity contribution in [1.82, 2.24) is 0 Å². The Bertz CT molecular complexity index is 2640. The largest absolute Gasteiger partial charge is 0.0619 e. The van der Waals surface area contributed by atoms with Gasteiger partial charge in [-0.15, -0.1) is 0 Å². The first kappa shape index (κ1) is 27.6. The second-order valence-electron chi connectivity index (χ2n) is 16.0. The predicted molar refractivity (Wildman–Crippen MR) is 211 cm³/mol. The molecule has 0 radical (unpaired) electrons. The summed E-state index contributed by atoms with van der Waals surface area (Å²) in [5.74, 6) is 3.32. The van der Waals surface area contributed by atoms with Crippen molar-refractivity contribution >= 4 is 43.1 Å². The van der Waals surface area contributed by atoms with Crippen molar-refractivity contribution in [2.45, 2.75) is 37.5 Å². The Morgan fingerprint density at radius 1 is 0.340 bits per heavy atom. The highest BCUT2D eigenvalue weighted by molar-refractivity contribution is 6.26. The monoisotopic (exact) mass is 638 g/mol. The maximum atomic E-state index is 2.73. The van der Waals surface area contributed by atoms with Crippen LogP contribution in [0, 0.1) is 23.7 Å². The van der Waals surface area contributed by atoms with Crippen LogP contribution >= 0.6 is 0 Å². The van der Waals surface area contributed by atoms with Crippen LogP contribution in [0.2, 0.25) is 0 Å². The van der Waals surface area contributed by atoms with Gasteiger partial charge in [-0.25, -0.2) is 0 Å². The van der Waals surface area contributed by atoms with Gasteiger partial charge in [0.15, 0.2) is 0 Å². The molecule has 5 aliphatic rings. The van der Waals surface area contributed by atoms with Crippen LogP contribution in [0.15, 0.2) is 146 Å². The van der Waals surface area contributed by atoms with E-state index in [1.165, 1.54) is 109 Å². The van der Waals surface area contributed by atoms with Gasteiger partial charge in [0.25, 0.3) is 0 Å². The van der Waals surface area contributed by atoms with Crippen molar-refractivity contribution in [3.05, 3.63) is 157 Å². The second-order valence-corrected chi connectivity index (χ2v) is 16.0. The third kappa shape index (κ3) is 3.42. The highest BCUT2D eigenvalue weighted by Gasteiger charge is 2.61. The number of hydrogen-bond donors (Lipinski definition) is 0. The van der Waals surface area contributed by atoms with Gasteiger partial charge in [-0.3, -0.25) is 0 Å². The summed E-state index contributed by atoms with van der Waals surface area (Å²) in [5.41, 5.74) is 11.8. The molecular weight excluding hydrogens is 601 g/mol. The number of hydrogen-bond acceptors (Lipinski definition) is 0. The highest BCUT2D eigenvalue weighted by atomic mass is 14.6. The smallest absolute Gasteiger partial charge is 0.0272 e. The Morgan fingerprint density at radius 3 is 1.44 bits per heavy atom. The average Bonchev–Trinajstić information content (AvgIpc) is 3.46. The first-order valence-corrected chi connectivity index (χ1v) is 18.9. The molecule has 238 valence electrons. The van der Waals surface area contributed by atoms with Gasteiger partial charge in [-0.05, 0) is 149 Å². The number of fused-ring (bicyclic) bond motifs is 8. The van der Waals surface area contributed by atoms with Crippen LogP contribution in [-0.2, 0) is 5.41 Å². The van der Waals surface area contributed by atoms with E-state index >= 15 is 0 Å². The molecule has 4 saturated carbocycles. The molecule has 50 heavy (non-hydrogen) atoms. The molecule has 0 heterocycles. The Labute approximate surface area is 293 Å². The zero-order chi connectivity index (χ0) is 32.6. The van der Waals surface area contributed by atoms with Gasteiger partial charge >= 0.3 is 0 Å². The molecule has 0 unspecified atom stereocenters. The summed E-state index contributed by atoms with van der Waals surface area (Å²) in [6, 6.07) is 55.8. The average molecular weight is 639 g/mol. The second kappa shape index (κ2) is 9.95. The zero-order valence-electron chi connectivity index (χ0n) is 28.2. The first-order valence-electron chi connectivity index (χ1n) is 18.9. The van der Waals surface area contributed by atoms with Crippen LogP contribution < -0.4 is 0 Å². The molecule has 13 rings (SSSR count). The van der Waals surface area contributed by atoms with E-state index in [1.807, 2.05) is 0 Å². The SMILES string of the molecule is c1ccc2c(c1)-c1c(cc(-c3c4ccccc4c(-c4cccc5ccccc45)c4ccccc34)c3ccccc13)C21C2CC3CC(C2)CC1C3. The van der Waals surface area contributed by atoms with Crippen LogP contribution in [0.1, 0.15) is 43.2 Å². The molecule has 0 N–H and O–H groups in total. The van der Waals surface area contributed by atoms with Crippen molar-refractivity contribution in [2.24, 2.45) is 23.7 Å². The quantitative estimate of drug-likeness (QED) is 0.165. The summed E-state index contributed by atoms with van der Waals surface area (Å²) in [6.07, 6.45) is 7.06. The summed E-state index contributed by atoms with van der Waals surface area (Å²) in [7, 11) is 0. The number of benzene rings is 8. The molecule has 0 heteroatoms. The van der Waals surface area contributed by atoms with Gasteiger partial charge in [-0.2, -0.15) is 0 Å². The lowest BCUT2D eigenvalue weighted by atomic mass is 9.43. The first-order chi connectivity index (χ1) is 24.8. The van der Waals surface area contributed by atoms with Crippen LogP contribution in [-0.4, -0.2) is 0 Å². The van der Waals surface area contributed by atoms with Gasteiger partial charge < -0.3 is 0 Å². The van der Waals surface area contributed by atoms with E-state index in [4.69, 9.17) is 0 Å². The minimum Gasteiger partial charge on any atom is -0.0619 e. The highest BCUT2D eigenvalue weighted by Crippen LogP contribution is 2.70. The minimum absolute atomic E-state index is 0.118. The maximum absolute atomic E-state index is 2.73. The molecule has 1 spiro atoms. The van der Waals surface area contributed by atoms with Crippen LogP contribution in [0.3, 0.4) is 0 Å². The van der Waals surface area contributed by atoms with Gasteiger partial charge in [0.05, 0.1) is 0 Å². The van der Waals surface area contributed by atoms with E-state index < -0.39 is 0 Å². The molecular formula is C50H38. The lowest BCUT2D eigenvalue weighted by Crippen LogP contribution is -2.55. The van der Waals surface area contributed by atoms with E-state index in [1.54, 1.807) is 11.1 Å². The normalized spacial score (nSPS) is 24.5. The van der Waals surface area contributed by atoms with E-state index in [0.29, 0.717) is 0 Å². The standard InChI is InChI=1S/C50H38/c1-2-14-35-32(12-1)13-11-22-37(35)47-39-17-5-7-19-41(39)48(42-20-8-6-18-40(42)47)44-29-46-49(38-16-4-3-15-36(38)44)43-21-9-10-23-45(43)50(46)33-25-30-24-31(27-33)28-34(50)26-30/h1-23,29-31,33-34H,24-28H2. The summed E-state index contributed by atoms with van der Waals surface area (Å²) in [6.45, 7) is 0. The fraction of sp³-hybridized carbons (Fsp3) is 0.200. The van der Waals surface area contributed by atoms with Gasteiger partial charge in [-0.1, -0.05) is 140 Å². The molecule has 8 aromatic rings. The zero-order valence-corrected chi connectivity index (χ0v) is 28.2. The Morgan fingerprint density at radius 2 is 0.800 bits per heavy atom. The molecule has 8 aromatic carbocycles. The Kier molecular flexibility index (Phi) is 5.49. The maximum Gasteiger partial charge on any atom is 0.0272 e. The molecule has 4 fully saturated rings. The molecule has 0 aromatic heterocycles. The van der Waals surface area contributed by atoms with E-state index in [-0.39, 0.29) is 5.41 Å². The third-order valence-corrected chi connectivity index (χ3v) is 13.8. The van der Waals surface area contributed by atoms with Crippen LogP contribution in [0.5, 0.6) is 0 Å². The summed E-state index contributed by atoms with van der Waals surface area (Å²) in [4.78, 5) is 0. The van der Waals surface area contributed by atoms with Crippen molar-refractivity contribution in [1.29, 1.82) is 0 Å². The third-order valence-electron chi connectivity index (χ3n) is 13.8. The van der Waals surface area contributed by atoms with Gasteiger partial charge in [0.2, 0.25) is 0 Å². The molecule has 4 bridgehead atoms. The summed E-state index contributed by atoms with van der Waals surface area (Å²) >= 11 is 0. The lowest BCUT2D eigenvalue weighted by Gasteiger charge is -2.61. The molecule has 0 nitrogen and oxygen atoms in total. The van der Waals surface area contributed by atoms with Crippen molar-refractivity contribution in [2.75, 3.05) is 0 Å². The van der Waals surface area contributed by atoms with Gasteiger partial charge in [0.1, 0.15) is 0 Å². The molecule has 0 aliphatic heterocycles. The lowest BCUT2D eigenvalue weighted by molar-refractivity contribution is -0.0399. The van der Waals surface area contributed by atoms with Crippen LogP contribution in [0.25, 0.3) is 76.5 Å². The topological polar surface area (TPSA) is 0 Å². The fourth-order valence-corrected chi connectivity index (χ4v) is 12.4. The van der Waals surface area contributed by atoms with Crippen LogP contribution in [0.4, 0.5) is 0 Å². The Balaban J connectivity index is 1.23. The molecule has 0 saturated heterocycles. The Hall–Kier alpha value is -5.20. The predicted octanol–water partition coefficient (Wildman–Crippen LogP) is 13.4. The molecule has 5 aliphatic carbocycles. The summed E-state index contributed by atoms with van der Waals surface area (Å²) in [5, 5.41) is 10.7. The fourth-order valence-electron chi connectivity index (χ4n) is 12.4. The molecule has 0 atom stereocenters. The van der Waals surface area contributed by atoms with E-state index in [9.17, 15) is 0 Å². The minimum atomic E-state index is 0.118. The molecule has 0 amide bonds. The van der Waals surface area contributed by atoms with Crippen molar-refractivity contribution in [3.8, 4) is 33.4 Å². The van der Waals surface area contributed by atoms with Crippen molar-refractivity contribution in [3.63, 3.8) is 0 Å².